The highest BCUT2D eigenvalue weighted by atomic mass is 35.5. The Kier molecular flexibility index (Phi) is 3.09. The first-order chi connectivity index (χ1) is 6.33. The molecule has 1 aromatic carbocycles. The van der Waals surface area contributed by atoms with Crippen LogP contribution in [0.5, 0.6) is 0 Å². The molecule has 0 atom stereocenters. The number of benzene rings is 1. The fourth-order valence-corrected chi connectivity index (χ4v) is 1.26. The molecule has 4 nitrogen and oxygen atoms in total. The number of ether oxygens (including phenoxy) is 1. The summed E-state index contributed by atoms with van der Waals surface area (Å²) < 4.78 is 4.63. The van der Waals surface area contributed by atoms with Gasteiger partial charge in [-0.25, -0.2) is 4.79 Å². The molecule has 0 aliphatic carbocycles. The minimum Gasteiger partial charge on any atom is -0.465 e. The van der Waals surface area contributed by atoms with E-state index in [9.17, 15) is 4.79 Å². The lowest BCUT2D eigenvalue weighted by Gasteiger charge is -1.98. The van der Waals surface area contributed by atoms with Gasteiger partial charge in [0.25, 0.3) is 0 Å². The Labute approximate surface area is 86.7 Å². The zero-order valence-corrected chi connectivity index (χ0v) is 8.30. The Balaban J connectivity index is 0.000000980. The lowest BCUT2D eigenvalue weighted by atomic mass is 10.1. The summed E-state index contributed by atoms with van der Waals surface area (Å²) in [4.78, 5) is 11.3. The van der Waals surface area contributed by atoms with Gasteiger partial charge in [0.05, 0.1) is 24.4 Å². The van der Waals surface area contributed by atoms with Gasteiger partial charge in [0.1, 0.15) is 0 Å². The van der Waals surface area contributed by atoms with E-state index in [0.717, 1.165) is 10.9 Å². The predicted octanol–water partition coefficient (Wildman–Crippen LogP) is 1.77. The summed E-state index contributed by atoms with van der Waals surface area (Å²) in [5, 5.41) is 7.41. The standard InChI is InChI=1S/C9H8N2O2.ClH/c1-13-9(12)6-3-2-4-8-7(6)5-10-11-8;/h2-5H,1H3,(H,10,11);1H. The van der Waals surface area contributed by atoms with Crippen LogP contribution in [0.2, 0.25) is 0 Å². The molecule has 5 heteroatoms. The minimum atomic E-state index is -0.341. The average molecular weight is 213 g/mol. The summed E-state index contributed by atoms with van der Waals surface area (Å²) in [5.41, 5.74) is 1.37. The van der Waals surface area contributed by atoms with Crippen molar-refractivity contribution < 1.29 is 9.53 Å². The van der Waals surface area contributed by atoms with Gasteiger partial charge in [0.2, 0.25) is 0 Å². The van der Waals surface area contributed by atoms with Crippen LogP contribution < -0.4 is 0 Å². The number of carbonyl (C=O) groups excluding carboxylic acids is 1. The highest BCUT2D eigenvalue weighted by molar-refractivity contribution is 6.03. The summed E-state index contributed by atoms with van der Waals surface area (Å²) >= 11 is 0. The zero-order valence-electron chi connectivity index (χ0n) is 7.48. The molecule has 0 aliphatic rings. The zero-order chi connectivity index (χ0) is 9.26. The fraction of sp³-hybridized carbons (Fsp3) is 0.111. The normalized spacial score (nSPS) is 9.50. The van der Waals surface area contributed by atoms with E-state index in [4.69, 9.17) is 0 Å². The average Bonchev–Trinajstić information content (AvgIpc) is 2.63. The second-order valence-electron chi connectivity index (χ2n) is 2.63. The van der Waals surface area contributed by atoms with E-state index in [1.807, 2.05) is 6.07 Å². The largest absolute Gasteiger partial charge is 0.465 e. The van der Waals surface area contributed by atoms with Gasteiger partial charge in [-0.1, -0.05) is 6.07 Å². The van der Waals surface area contributed by atoms with Crippen molar-refractivity contribution in [1.82, 2.24) is 10.2 Å². The van der Waals surface area contributed by atoms with Crippen LogP contribution in [0.25, 0.3) is 10.9 Å². The highest BCUT2D eigenvalue weighted by Gasteiger charge is 2.09. The molecule has 0 amide bonds. The Morgan fingerprint density at radius 1 is 1.50 bits per heavy atom. The van der Waals surface area contributed by atoms with Crippen molar-refractivity contribution in [2.75, 3.05) is 7.11 Å². The molecule has 1 heterocycles. The van der Waals surface area contributed by atoms with Crippen molar-refractivity contribution in [1.29, 1.82) is 0 Å². The van der Waals surface area contributed by atoms with Crippen molar-refractivity contribution in [3.63, 3.8) is 0 Å². The second-order valence-corrected chi connectivity index (χ2v) is 2.63. The second kappa shape index (κ2) is 4.11. The van der Waals surface area contributed by atoms with Crippen molar-refractivity contribution >= 4 is 29.3 Å². The number of carbonyl (C=O) groups is 1. The minimum absolute atomic E-state index is 0. The number of hydrogen-bond donors (Lipinski definition) is 1. The summed E-state index contributed by atoms with van der Waals surface area (Å²) in [7, 11) is 1.36. The number of rotatable bonds is 1. The molecule has 2 rings (SSSR count). The van der Waals surface area contributed by atoms with Crippen molar-refractivity contribution in [3.05, 3.63) is 30.0 Å². The number of H-pyrrole nitrogens is 1. The summed E-state index contributed by atoms with van der Waals surface area (Å²) in [5.74, 6) is -0.341. The SMILES string of the molecule is COC(=O)c1cccc2[nH]ncc12.Cl. The van der Waals surface area contributed by atoms with Gasteiger partial charge in [-0.15, -0.1) is 12.4 Å². The summed E-state index contributed by atoms with van der Waals surface area (Å²) in [6.45, 7) is 0. The van der Waals surface area contributed by atoms with Gasteiger partial charge < -0.3 is 4.74 Å². The first-order valence-corrected chi connectivity index (χ1v) is 3.83. The number of fused-ring (bicyclic) bond motifs is 1. The maximum Gasteiger partial charge on any atom is 0.338 e. The summed E-state index contributed by atoms with van der Waals surface area (Å²) in [6, 6.07) is 5.35. The van der Waals surface area contributed by atoms with Crippen LogP contribution in [0.3, 0.4) is 0 Å². The van der Waals surface area contributed by atoms with E-state index >= 15 is 0 Å². The van der Waals surface area contributed by atoms with Gasteiger partial charge in [0.15, 0.2) is 0 Å². The molecule has 0 bridgehead atoms. The Bertz CT molecular complexity index is 453. The smallest absolute Gasteiger partial charge is 0.338 e. The number of nitrogens with zero attached hydrogens (tertiary/aromatic N) is 1. The van der Waals surface area contributed by atoms with Gasteiger partial charge in [-0.3, -0.25) is 5.10 Å². The highest BCUT2D eigenvalue weighted by Crippen LogP contribution is 2.16. The van der Waals surface area contributed by atoms with E-state index in [0.29, 0.717) is 5.56 Å². The lowest BCUT2D eigenvalue weighted by molar-refractivity contribution is 0.0603. The van der Waals surface area contributed by atoms with Crippen molar-refractivity contribution in [2.24, 2.45) is 0 Å². The third-order valence-electron chi connectivity index (χ3n) is 1.89. The molecule has 0 fully saturated rings. The first-order valence-electron chi connectivity index (χ1n) is 3.83. The molecule has 0 radical (unpaired) electrons. The van der Waals surface area contributed by atoms with Crippen LogP contribution in [-0.2, 0) is 4.74 Å². The molecule has 14 heavy (non-hydrogen) atoms. The van der Waals surface area contributed by atoms with Crippen LogP contribution >= 0.6 is 12.4 Å². The molecule has 1 N–H and O–H groups in total. The molecule has 2 aromatic rings. The molecule has 0 unspecified atom stereocenters. The fourth-order valence-electron chi connectivity index (χ4n) is 1.26. The van der Waals surface area contributed by atoms with Crippen LogP contribution in [0.4, 0.5) is 0 Å². The van der Waals surface area contributed by atoms with E-state index < -0.39 is 0 Å². The molecule has 74 valence electrons. The number of aromatic amines is 1. The van der Waals surface area contributed by atoms with Gasteiger partial charge in [-0.05, 0) is 12.1 Å². The number of methoxy groups -OCH3 is 1. The van der Waals surface area contributed by atoms with E-state index in [-0.39, 0.29) is 18.4 Å². The van der Waals surface area contributed by atoms with Crippen LogP contribution in [0.15, 0.2) is 24.4 Å². The van der Waals surface area contributed by atoms with E-state index in [1.54, 1.807) is 18.3 Å². The van der Waals surface area contributed by atoms with Crippen LogP contribution in [-0.4, -0.2) is 23.3 Å². The quantitative estimate of drug-likeness (QED) is 0.733. The maximum absolute atomic E-state index is 11.3. The van der Waals surface area contributed by atoms with Gasteiger partial charge >= 0.3 is 5.97 Å². The van der Waals surface area contributed by atoms with E-state index in [1.165, 1.54) is 7.11 Å². The number of hydrogen-bond acceptors (Lipinski definition) is 3. The van der Waals surface area contributed by atoms with Crippen LogP contribution in [0.1, 0.15) is 10.4 Å². The lowest BCUT2D eigenvalue weighted by Crippen LogP contribution is -2.00. The molecule has 1 aromatic heterocycles. The summed E-state index contributed by atoms with van der Waals surface area (Å²) in [6.07, 6.45) is 1.61. The molecular weight excluding hydrogens is 204 g/mol. The van der Waals surface area contributed by atoms with Crippen molar-refractivity contribution in [2.45, 2.75) is 0 Å². The number of esters is 1. The van der Waals surface area contributed by atoms with Crippen LogP contribution in [0, 0.1) is 0 Å². The topological polar surface area (TPSA) is 55.0 Å². The Morgan fingerprint density at radius 2 is 2.29 bits per heavy atom. The van der Waals surface area contributed by atoms with E-state index in [2.05, 4.69) is 14.9 Å². The number of halogens is 1. The number of nitrogens with one attached hydrogen (secondary N) is 1. The predicted molar refractivity (Wildman–Crippen MR) is 54.7 cm³/mol. The third kappa shape index (κ3) is 1.56. The van der Waals surface area contributed by atoms with Gasteiger partial charge in [-0.2, -0.15) is 5.10 Å². The van der Waals surface area contributed by atoms with Crippen molar-refractivity contribution in [3.8, 4) is 0 Å². The molecule has 0 saturated carbocycles. The Hall–Kier alpha value is -1.55. The molecule has 0 aliphatic heterocycles. The molecule has 0 saturated heterocycles. The Morgan fingerprint density at radius 3 is 3.00 bits per heavy atom. The third-order valence-corrected chi connectivity index (χ3v) is 1.89. The monoisotopic (exact) mass is 212 g/mol. The molecule has 0 spiro atoms. The maximum atomic E-state index is 11.3. The molecular formula is C9H9ClN2O2. The first kappa shape index (κ1) is 10.5. The van der Waals surface area contributed by atoms with Gasteiger partial charge in [0, 0.05) is 5.39 Å². The number of aromatic nitrogens is 2.